The van der Waals surface area contributed by atoms with Crippen molar-refractivity contribution in [1.29, 1.82) is 0 Å². The lowest BCUT2D eigenvalue weighted by Gasteiger charge is -2.31. The molecule has 0 bridgehead atoms. The number of sulfone groups is 1. The van der Waals surface area contributed by atoms with E-state index in [9.17, 15) is 26.0 Å². The van der Waals surface area contributed by atoms with Gasteiger partial charge in [0.05, 0.1) is 21.6 Å². The fourth-order valence-electron chi connectivity index (χ4n) is 3.72. The summed E-state index contributed by atoms with van der Waals surface area (Å²) in [6.45, 7) is 6.08. The summed E-state index contributed by atoms with van der Waals surface area (Å²) in [5.74, 6) is -0.926. The topological polar surface area (TPSA) is 101 Å². The second-order valence-electron chi connectivity index (χ2n) is 9.18. The van der Waals surface area contributed by atoms with Crippen LogP contribution in [-0.2, 0) is 30.1 Å². The van der Waals surface area contributed by atoms with Crippen LogP contribution in [0.4, 0.5) is 4.39 Å². The molecule has 3 rings (SSSR count). The molecule has 0 aliphatic carbocycles. The Hall–Kier alpha value is -2.30. The molecule has 180 valence electrons. The molecule has 1 amide bonds. The summed E-state index contributed by atoms with van der Waals surface area (Å²) in [5, 5.41) is -0.676. The molecular formula is C23H29FN2O5S2. The third-order valence-corrected chi connectivity index (χ3v) is 9.52. The summed E-state index contributed by atoms with van der Waals surface area (Å²) >= 11 is 0. The van der Waals surface area contributed by atoms with E-state index in [0.717, 1.165) is 17.7 Å². The van der Waals surface area contributed by atoms with Crippen molar-refractivity contribution in [2.24, 2.45) is 0 Å². The molecule has 1 aliphatic rings. The van der Waals surface area contributed by atoms with E-state index in [2.05, 4.69) is 4.72 Å². The van der Waals surface area contributed by atoms with Gasteiger partial charge in [-0.2, -0.15) is 0 Å². The number of carbonyl (C=O) groups is 1. The molecule has 0 unspecified atom stereocenters. The second-order valence-corrected chi connectivity index (χ2v) is 13.2. The summed E-state index contributed by atoms with van der Waals surface area (Å²) in [6, 6.07) is 11.2. The van der Waals surface area contributed by atoms with Crippen LogP contribution in [0.25, 0.3) is 0 Å². The molecule has 2 aromatic carbocycles. The molecule has 1 heterocycles. The van der Waals surface area contributed by atoms with E-state index in [1.54, 1.807) is 12.1 Å². The number of nitrogens with zero attached hydrogens (tertiary/aromatic N) is 1. The average Bonchev–Trinajstić information content (AvgIpc) is 2.77. The van der Waals surface area contributed by atoms with Crippen LogP contribution in [0.2, 0.25) is 0 Å². The van der Waals surface area contributed by atoms with Gasteiger partial charge in [-0.25, -0.2) is 25.9 Å². The molecule has 0 atom stereocenters. The van der Waals surface area contributed by atoms with Crippen LogP contribution in [0.1, 0.15) is 39.2 Å². The van der Waals surface area contributed by atoms with Crippen molar-refractivity contribution in [3.8, 4) is 0 Å². The monoisotopic (exact) mass is 496 g/mol. The number of piperidine rings is 1. The number of halogens is 1. The number of carbonyl (C=O) groups excluding carboxylic acids is 1. The van der Waals surface area contributed by atoms with Gasteiger partial charge in [-0.05, 0) is 60.2 Å². The Morgan fingerprint density at radius 2 is 1.45 bits per heavy atom. The Morgan fingerprint density at radius 1 is 0.939 bits per heavy atom. The van der Waals surface area contributed by atoms with E-state index in [-0.39, 0.29) is 41.1 Å². The summed E-state index contributed by atoms with van der Waals surface area (Å²) in [5.41, 5.74) is 0.887. The van der Waals surface area contributed by atoms with Crippen LogP contribution in [0.5, 0.6) is 0 Å². The Labute approximate surface area is 195 Å². The van der Waals surface area contributed by atoms with Crippen LogP contribution in [-0.4, -0.2) is 52.5 Å². The molecule has 1 fully saturated rings. The zero-order valence-corrected chi connectivity index (χ0v) is 20.5. The molecule has 1 saturated heterocycles. The van der Waals surface area contributed by atoms with Crippen LogP contribution in [0, 0.1) is 5.82 Å². The maximum absolute atomic E-state index is 13.1. The first kappa shape index (κ1) is 25.3. The summed E-state index contributed by atoms with van der Waals surface area (Å²) in [7, 11) is -7.48. The highest BCUT2D eigenvalue weighted by molar-refractivity contribution is 7.92. The maximum atomic E-state index is 13.1. The lowest BCUT2D eigenvalue weighted by Crippen LogP contribution is -2.46. The number of nitrogens with one attached hydrogen (secondary N) is 1. The molecule has 33 heavy (non-hydrogen) atoms. The molecule has 10 heteroatoms. The summed E-state index contributed by atoms with van der Waals surface area (Å²) in [6.07, 6.45) is 0.457. The van der Waals surface area contributed by atoms with E-state index in [1.807, 2.05) is 20.8 Å². The highest BCUT2D eigenvalue weighted by Crippen LogP contribution is 2.25. The third kappa shape index (κ3) is 5.99. The lowest BCUT2D eigenvalue weighted by atomic mass is 9.87. The van der Waals surface area contributed by atoms with Gasteiger partial charge in [0.1, 0.15) is 5.82 Å². The third-order valence-electron chi connectivity index (χ3n) is 5.82. The van der Waals surface area contributed by atoms with Gasteiger partial charge in [0.25, 0.3) is 0 Å². The maximum Gasteiger partial charge on any atom is 0.241 e. The van der Waals surface area contributed by atoms with E-state index in [4.69, 9.17) is 0 Å². The van der Waals surface area contributed by atoms with Gasteiger partial charge in [0.15, 0.2) is 9.84 Å². The van der Waals surface area contributed by atoms with Gasteiger partial charge in [-0.1, -0.05) is 32.9 Å². The van der Waals surface area contributed by atoms with E-state index >= 15 is 0 Å². The Kier molecular flexibility index (Phi) is 7.30. The number of sulfonamides is 1. The number of likely N-dealkylation sites (tertiary alicyclic amines) is 1. The quantitative estimate of drug-likeness (QED) is 0.620. The van der Waals surface area contributed by atoms with Crippen molar-refractivity contribution in [2.45, 2.75) is 54.1 Å². The van der Waals surface area contributed by atoms with Gasteiger partial charge < -0.3 is 4.90 Å². The Bertz CT molecular complexity index is 1190. The van der Waals surface area contributed by atoms with Crippen molar-refractivity contribution in [2.75, 3.05) is 19.6 Å². The summed E-state index contributed by atoms with van der Waals surface area (Å²) in [4.78, 5) is 14.1. The van der Waals surface area contributed by atoms with Crippen molar-refractivity contribution < 1.29 is 26.0 Å². The van der Waals surface area contributed by atoms with Crippen molar-refractivity contribution >= 4 is 25.8 Å². The largest absolute Gasteiger partial charge is 0.341 e. The molecule has 1 aliphatic heterocycles. The van der Waals surface area contributed by atoms with Gasteiger partial charge in [-0.3, -0.25) is 4.79 Å². The predicted octanol–water partition coefficient (Wildman–Crippen LogP) is 2.87. The number of hydrogen-bond acceptors (Lipinski definition) is 5. The van der Waals surface area contributed by atoms with Crippen LogP contribution < -0.4 is 4.72 Å². The number of amides is 1. The first-order valence-electron chi connectivity index (χ1n) is 10.7. The Balaban J connectivity index is 1.56. The van der Waals surface area contributed by atoms with Gasteiger partial charge >= 0.3 is 0 Å². The van der Waals surface area contributed by atoms with Gasteiger partial charge in [0.2, 0.25) is 15.9 Å². The second kappa shape index (κ2) is 9.52. The molecular weight excluding hydrogens is 467 g/mol. The minimum atomic E-state index is -3.85. The SMILES string of the molecule is CC(C)(C)c1ccc(S(=O)(=O)NCC(=O)N2CCC(S(=O)(=O)c3ccc(F)cc3)CC2)cc1. The first-order valence-corrected chi connectivity index (χ1v) is 13.7. The first-order chi connectivity index (χ1) is 15.3. The van der Waals surface area contributed by atoms with Gasteiger partial charge in [-0.15, -0.1) is 0 Å². The van der Waals surface area contributed by atoms with Crippen molar-refractivity contribution in [1.82, 2.24) is 9.62 Å². The minimum Gasteiger partial charge on any atom is -0.341 e. The molecule has 0 saturated carbocycles. The smallest absolute Gasteiger partial charge is 0.241 e. The fraction of sp³-hybridized carbons (Fsp3) is 0.435. The van der Waals surface area contributed by atoms with Crippen LogP contribution >= 0.6 is 0 Å². The van der Waals surface area contributed by atoms with E-state index in [0.29, 0.717) is 0 Å². The fourth-order valence-corrected chi connectivity index (χ4v) is 6.42. The molecule has 7 nitrogen and oxygen atoms in total. The van der Waals surface area contributed by atoms with E-state index < -0.39 is 43.4 Å². The predicted molar refractivity (Wildman–Crippen MR) is 124 cm³/mol. The van der Waals surface area contributed by atoms with Gasteiger partial charge in [0, 0.05) is 13.1 Å². The zero-order valence-electron chi connectivity index (χ0n) is 18.9. The highest BCUT2D eigenvalue weighted by Gasteiger charge is 2.33. The Morgan fingerprint density at radius 3 is 1.97 bits per heavy atom. The number of benzene rings is 2. The average molecular weight is 497 g/mol. The lowest BCUT2D eigenvalue weighted by molar-refractivity contribution is -0.130. The number of rotatable bonds is 6. The van der Waals surface area contributed by atoms with Crippen LogP contribution in [0.15, 0.2) is 58.3 Å². The van der Waals surface area contributed by atoms with E-state index in [1.165, 1.54) is 29.2 Å². The summed E-state index contributed by atoms with van der Waals surface area (Å²) < 4.78 is 66.1. The molecule has 2 aromatic rings. The standard InChI is InChI=1S/C23H29FN2O5S2/c1-23(2,3)17-4-8-21(9-5-17)33(30,31)25-16-22(27)26-14-12-20(13-15-26)32(28,29)19-10-6-18(24)7-11-19/h4-11,20,25H,12-16H2,1-3H3. The molecule has 1 N–H and O–H groups in total. The molecule has 0 radical (unpaired) electrons. The molecule has 0 aromatic heterocycles. The van der Waals surface area contributed by atoms with Crippen LogP contribution in [0.3, 0.4) is 0 Å². The number of hydrogen-bond donors (Lipinski definition) is 1. The highest BCUT2D eigenvalue weighted by atomic mass is 32.2. The van der Waals surface area contributed by atoms with Crippen molar-refractivity contribution in [3.63, 3.8) is 0 Å². The zero-order chi connectivity index (χ0) is 24.4. The minimum absolute atomic E-state index is 0.0546. The van der Waals surface area contributed by atoms with Crippen molar-refractivity contribution in [3.05, 3.63) is 59.9 Å². The normalized spacial score (nSPS) is 16.1. The molecule has 0 spiro atoms.